The Morgan fingerprint density at radius 1 is 1.50 bits per heavy atom. The lowest BCUT2D eigenvalue weighted by Crippen LogP contribution is -2.18. The summed E-state index contributed by atoms with van der Waals surface area (Å²) in [6.07, 6.45) is 4.05. The molecule has 2 heterocycles. The molecule has 0 atom stereocenters. The molecule has 1 aliphatic rings. The van der Waals surface area contributed by atoms with Gasteiger partial charge in [-0.1, -0.05) is 0 Å². The van der Waals surface area contributed by atoms with Crippen molar-refractivity contribution >= 4 is 11.3 Å². The normalized spacial score (nSPS) is 18.4. The molecule has 0 unspecified atom stereocenters. The van der Waals surface area contributed by atoms with E-state index in [-0.39, 0.29) is 5.54 Å². The van der Waals surface area contributed by atoms with Gasteiger partial charge in [0.15, 0.2) is 0 Å². The van der Waals surface area contributed by atoms with Gasteiger partial charge in [-0.15, -0.1) is 11.3 Å². The number of hydrogen-bond donors (Lipinski definition) is 2. The summed E-state index contributed by atoms with van der Waals surface area (Å²) in [4.78, 5) is 7.69. The van der Waals surface area contributed by atoms with Crippen LogP contribution in [-0.4, -0.2) is 9.97 Å². The Morgan fingerprint density at radius 3 is 3.00 bits per heavy atom. The van der Waals surface area contributed by atoms with Gasteiger partial charge in [0, 0.05) is 11.6 Å². The van der Waals surface area contributed by atoms with Crippen LogP contribution in [0.5, 0.6) is 0 Å². The summed E-state index contributed by atoms with van der Waals surface area (Å²) in [6, 6.07) is 4.00. The Kier molecular flexibility index (Phi) is 1.57. The van der Waals surface area contributed by atoms with E-state index in [9.17, 15) is 0 Å². The van der Waals surface area contributed by atoms with Gasteiger partial charge in [0.1, 0.15) is 5.01 Å². The van der Waals surface area contributed by atoms with E-state index in [0.29, 0.717) is 0 Å². The summed E-state index contributed by atoms with van der Waals surface area (Å²) in [5.74, 6) is 0. The van der Waals surface area contributed by atoms with Gasteiger partial charge in [-0.2, -0.15) is 0 Å². The summed E-state index contributed by atoms with van der Waals surface area (Å²) in [5.41, 5.74) is 8.08. The van der Waals surface area contributed by atoms with Crippen LogP contribution in [0.1, 0.15) is 18.5 Å². The second-order valence-electron chi connectivity index (χ2n) is 3.78. The zero-order valence-corrected chi connectivity index (χ0v) is 8.47. The Balaban J connectivity index is 1.98. The second kappa shape index (κ2) is 2.68. The molecule has 0 spiro atoms. The first-order chi connectivity index (χ1) is 6.78. The molecule has 14 heavy (non-hydrogen) atoms. The molecule has 3 nitrogen and oxygen atoms in total. The van der Waals surface area contributed by atoms with Crippen LogP contribution in [0, 0.1) is 0 Å². The van der Waals surface area contributed by atoms with Crippen molar-refractivity contribution in [2.45, 2.75) is 18.4 Å². The molecule has 0 amide bonds. The smallest absolute Gasteiger partial charge is 0.140 e. The Hall–Kier alpha value is -1.13. The number of hydrogen-bond acceptors (Lipinski definition) is 3. The van der Waals surface area contributed by atoms with E-state index in [1.165, 1.54) is 0 Å². The van der Waals surface area contributed by atoms with Crippen molar-refractivity contribution in [3.63, 3.8) is 0 Å². The quantitative estimate of drug-likeness (QED) is 0.788. The van der Waals surface area contributed by atoms with E-state index in [1.807, 2.05) is 18.3 Å². The molecule has 0 bridgehead atoms. The minimum atomic E-state index is -0.110. The van der Waals surface area contributed by atoms with Gasteiger partial charge in [-0.3, -0.25) is 0 Å². The largest absolute Gasteiger partial charge is 0.359 e. The predicted octanol–water partition coefficient (Wildman–Crippen LogP) is 2.09. The topological polar surface area (TPSA) is 54.7 Å². The fraction of sp³-hybridized carbons (Fsp3) is 0.300. The molecule has 3 N–H and O–H groups in total. The van der Waals surface area contributed by atoms with E-state index in [1.54, 1.807) is 11.3 Å². The average Bonchev–Trinajstić information content (AvgIpc) is 2.73. The van der Waals surface area contributed by atoms with Gasteiger partial charge in [0.2, 0.25) is 0 Å². The summed E-state index contributed by atoms with van der Waals surface area (Å²) in [5, 5.41) is 3.10. The lowest BCUT2D eigenvalue weighted by molar-refractivity contribution is 0.715. The van der Waals surface area contributed by atoms with Crippen LogP contribution >= 0.6 is 11.3 Å². The van der Waals surface area contributed by atoms with Crippen LogP contribution in [0.3, 0.4) is 0 Å². The van der Waals surface area contributed by atoms with E-state index < -0.39 is 0 Å². The van der Waals surface area contributed by atoms with Crippen molar-refractivity contribution in [2.24, 2.45) is 5.73 Å². The molecular weight excluding hydrogens is 194 g/mol. The highest BCUT2D eigenvalue weighted by atomic mass is 32.1. The molecule has 4 heteroatoms. The molecule has 2 aromatic heterocycles. The number of nitrogens with one attached hydrogen (secondary N) is 1. The van der Waals surface area contributed by atoms with Crippen molar-refractivity contribution in [3.8, 4) is 10.7 Å². The highest BCUT2D eigenvalue weighted by molar-refractivity contribution is 7.13. The zero-order valence-electron chi connectivity index (χ0n) is 7.66. The zero-order chi connectivity index (χ0) is 9.60. The number of H-pyrrole nitrogens is 1. The summed E-state index contributed by atoms with van der Waals surface area (Å²) >= 11 is 1.65. The summed E-state index contributed by atoms with van der Waals surface area (Å²) in [7, 11) is 0. The fourth-order valence-electron chi connectivity index (χ4n) is 1.48. The standard InChI is InChI=1S/C10H11N3S/c11-10(3-4-10)8-6-14-9(13-8)7-2-1-5-12-7/h1-2,5-6,12H,3-4,11H2. The molecule has 72 valence electrons. The second-order valence-corrected chi connectivity index (χ2v) is 4.64. The van der Waals surface area contributed by atoms with Crippen LogP contribution in [0.4, 0.5) is 0 Å². The average molecular weight is 205 g/mol. The number of rotatable bonds is 2. The summed E-state index contributed by atoms with van der Waals surface area (Å²) in [6.45, 7) is 0. The van der Waals surface area contributed by atoms with E-state index >= 15 is 0 Å². The molecule has 2 aromatic rings. The fourth-order valence-corrected chi connectivity index (χ4v) is 2.40. The number of aromatic amines is 1. The molecular formula is C10H11N3S. The van der Waals surface area contributed by atoms with E-state index in [0.717, 1.165) is 29.2 Å². The molecule has 0 aliphatic heterocycles. The minimum absolute atomic E-state index is 0.110. The first-order valence-electron chi connectivity index (χ1n) is 4.67. The van der Waals surface area contributed by atoms with E-state index in [2.05, 4.69) is 15.3 Å². The Labute approximate surface area is 86.0 Å². The Morgan fingerprint density at radius 2 is 2.36 bits per heavy atom. The molecule has 0 saturated heterocycles. The number of thiazole rings is 1. The number of nitrogens with two attached hydrogens (primary N) is 1. The Bertz CT molecular complexity index is 440. The van der Waals surface area contributed by atoms with E-state index in [4.69, 9.17) is 5.73 Å². The predicted molar refractivity (Wildman–Crippen MR) is 57.0 cm³/mol. The van der Waals surface area contributed by atoms with Crippen molar-refractivity contribution in [2.75, 3.05) is 0 Å². The van der Waals surface area contributed by atoms with Gasteiger partial charge in [0.05, 0.1) is 16.9 Å². The highest BCUT2D eigenvalue weighted by Crippen LogP contribution is 2.43. The van der Waals surface area contributed by atoms with Gasteiger partial charge in [0.25, 0.3) is 0 Å². The lowest BCUT2D eigenvalue weighted by atomic mass is 10.2. The molecule has 1 fully saturated rings. The molecule has 0 aromatic carbocycles. The number of aromatic nitrogens is 2. The maximum Gasteiger partial charge on any atom is 0.140 e. The molecule has 3 rings (SSSR count). The first-order valence-corrected chi connectivity index (χ1v) is 5.55. The van der Waals surface area contributed by atoms with Crippen LogP contribution in [0.25, 0.3) is 10.7 Å². The lowest BCUT2D eigenvalue weighted by Gasteiger charge is -2.01. The third-order valence-corrected chi connectivity index (χ3v) is 3.51. The summed E-state index contributed by atoms with van der Waals surface area (Å²) < 4.78 is 0. The van der Waals surface area contributed by atoms with Crippen molar-refractivity contribution in [1.29, 1.82) is 0 Å². The van der Waals surface area contributed by atoms with Crippen LogP contribution in [0.15, 0.2) is 23.7 Å². The van der Waals surface area contributed by atoms with Crippen LogP contribution < -0.4 is 5.73 Å². The van der Waals surface area contributed by atoms with Gasteiger partial charge >= 0.3 is 0 Å². The van der Waals surface area contributed by atoms with Crippen LogP contribution in [-0.2, 0) is 5.54 Å². The molecule has 1 aliphatic carbocycles. The number of nitrogens with zero attached hydrogens (tertiary/aromatic N) is 1. The van der Waals surface area contributed by atoms with Crippen molar-refractivity contribution < 1.29 is 0 Å². The minimum Gasteiger partial charge on any atom is -0.359 e. The van der Waals surface area contributed by atoms with Gasteiger partial charge < -0.3 is 10.7 Å². The third-order valence-electron chi connectivity index (χ3n) is 2.63. The SMILES string of the molecule is NC1(c2csc(-c3ccc[nH]3)n2)CC1. The van der Waals surface area contributed by atoms with Crippen molar-refractivity contribution in [3.05, 3.63) is 29.4 Å². The first kappa shape index (κ1) is 8.20. The van der Waals surface area contributed by atoms with Gasteiger partial charge in [-0.05, 0) is 25.0 Å². The third kappa shape index (κ3) is 1.19. The van der Waals surface area contributed by atoms with Gasteiger partial charge in [-0.25, -0.2) is 4.98 Å². The molecule has 0 radical (unpaired) electrons. The maximum absolute atomic E-state index is 6.07. The maximum atomic E-state index is 6.07. The molecule has 1 saturated carbocycles. The van der Waals surface area contributed by atoms with Crippen LogP contribution in [0.2, 0.25) is 0 Å². The highest BCUT2D eigenvalue weighted by Gasteiger charge is 2.42. The monoisotopic (exact) mass is 205 g/mol. The van der Waals surface area contributed by atoms with Crippen molar-refractivity contribution in [1.82, 2.24) is 9.97 Å².